The number of hydrogen-bond donors (Lipinski definition) is 1. The Bertz CT molecular complexity index is 457. The summed E-state index contributed by atoms with van der Waals surface area (Å²) in [5, 5.41) is 9.39. The van der Waals surface area contributed by atoms with Gasteiger partial charge in [-0.25, -0.2) is 4.79 Å². The molecular formula is C14H19NO2S. The van der Waals surface area contributed by atoms with Crippen molar-refractivity contribution in [2.75, 3.05) is 24.2 Å². The van der Waals surface area contributed by atoms with Crippen LogP contribution in [0, 0.1) is 0 Å². The number of carboxylic acids is 1. The highest BCUT2D eigenvalue weighted by molar-refractivity contribution is 7.98. The summed E-state index contributed by atoms with van der Waals surface area (Å²) in [6, 6.07) is 5.59. The van der Waals surface area contributed by atoms with Crippen LogP contribution in [-0.2, 0) is 0 Å². The van der Waals surface area contributed by atoms with Gasteiger partial charge in [-0.1, -0.05) is 18.2 Å². The summed E-state index contributed by atoms with van der Waals surface area (Å²) in [4.78, 5) is 14.3. The van der Waals surface area contributed by atoms with Gasteiger partial charge in [-0.15, -0.1) is 11.8 Å². The van der Waals surface area contributed by atoms with Gasteiger partial charge in [0, 0.05) is 18.0 Å². The average molecular weight is 265 g/mol. The standard InChI is InChI=1S/C14H19NO2S/c1-5-15(9-10(2)3)11-7-6-8-12(18-4)13(11)14(16)17/h6-8H,2,5,9H2,1,3-4H3,(H,16,17). The molecule has 0 unspecified atom stereocenters. The van der Waals surface area contributed by atoms with Crippen LogP contribution in [-0.4, -0.2) is 30.4 Å². The van der Waals surface area contributed by atoms with Crippen molar-refractivity contribution in [3.05, 3.63) is 35.9 Å². The minimum Gasteiger partial charge on any atom is -0.478 e. The summed E-state index contributed by atoms with van der Waals surface area (Å²) in [5.41, 5.74) is 2.16. The highest BCUT2D eigenvalue weighted by atomic mass is 32.2. The molecular weight excluding hydrogens is 246 g/mol. The minimum atomic E-state index is -0.880. The minimum absolute atomic E-state index is 0.383. The van der Waals surface area contributed by atoms with Crippen LogP contribution < -0.4 is 4.90 Å². The number of carbonyl (C=O) groups is 1. The molecule has 0 fully saturated rings. The van der Waals surface area contributed by atoms with Crippen LogP contribution >= 0.6 is 11.8 Å². The Morgan fingerprint density at radius 3 is 2.61 bits per heavy atom. The van der Waals surface area contributed by atoms with Crippen LogP contribution in [0.4, 0.5) is 5.69 Å². The number of benzene rings is 1. The molecule has 0 heterocycles. The third kappa shape index (κ3) is 3.29. The molecule has 4 heteroatoms. The first-order chi connectivity index (χ1) is 8.51. The Labute approximate surface area is 113 Å². The molecule has 0 aliphatic rings. The molecule has 0 bridgehead atoms. The molecule has 0 atom stereocenters. The number of rotatable bonds is 6. The van der Waals surface area contributed by atoms with Crippen molar-refractivity contribution in [3.8, 4) is 0 Å². The van der Waals surface area contributed by atoms with Crippen molar-refractivity contribution < 1.29 is 9.90 Å². The van der Waals surface area contributed by atoms with E-state index in [0.717, 1.165) is 22.7 Å². The topological polar surface area (TPSA) is 40.5 Å². The van der Waals surface area contributed by atoms with Crippen molar-refractivity contribution in [2.45, 2.75) is 18.7 Å². The van der Waals surface area contributed by atoms with E-state index in [9.17, 15) is 9.90 Å². The van der Waals surface area contributed by atoms with Crippen LogP contribution in [0.5, 0.6) is 0 Å². The number of nitrogens with zero attached hydrogens (tertiary/aromatic N) is 1. The second-order valence-electron chi connectivity index (χ2n) is 4.13. The molecule has 1 N–H and O–H groups in total. The number of hydrogen-bond acceptors (Lipinski definition) is 3. The summed E-state index contributed by atoms with van der Waals surface area (Å²) in [6.07, 6.45) is 1.89. The number of carboxylic acid groups (broad SMARTS) is 1. The van der Waals surface area contributed by atoms with E-state index in [1.54, 1.807) is 0 Å². The van der Waals surface area contributed by atoms with Gasteiger partial charge in [0.05, 0.1) is 11.3 Å². The van der Waals surface area contributed by atoms with Crippen molar-refractivity contribution in [1.29, 1.82) is 0 Å². The average Bonchev–Trinajstić information content (AvgIpc) is 2.34. The SMILES string of the molecule is C=C(C)CN(CC)c1cccc(SC)c1C(=O)O. The molecule has 1 rings (SSSR count). The lowest BCUT2D eigenvalue weighted by atomic mass is 10.1. The van der Waals surface area contributed by atoms with Gasteiger partial charge < -0.3 is 10.0 Å². The van der Waals surface area contributed by atoms with Crippen molar-refractivity contribution in [2.24, 2.45) is 0 Å². The first-order valence-corrected chi connectivity index (χ1v) is 7.03. The summed E-state index contributed by atoms with van der Waals surface area (Å²) < 4.78 is 0. The lowest BCUT2D eigenvalue weighted by Gasteiger charge is -2.25. The largest absolute Gasteiger partial charge is 0.478 e. The van der Waals surface area contributed by atoms with E-state index >= 15 is 0 Å². The summed E-state index contributed by atoms with van der Waals surface area (Å²) in [7, 11) is 0. The van der Waals surface area contributed by atoms with Gasteiger partial charge >= 0.3 is 5.97 Å². The number of anilines is 1. The Balaban J connectivity index is 3.28. The second kappa shape index (κ2) is 6.50. The van der Waals surface area contributed by atoms with E-state index in [1.807, 2.05) is 43.2 Å². The molecule has 18 heavy (non-hydrogen) atoms. The van der Waals surface area contributed by atoms with Gasteiger partial charge in [-0.05, 0) is 32.2 Å². The summed E-state index contributed by atoms with van der Waals surface area (Å²) in [6.45, 7) is 9.28. The normalized spacial score (nSPS) is 10.2. The van der Waals surface area contributed by atoms with Gasteiger partial charge in [-0.3, -0.25) is 0 Å². The Kier molecular flexibility index (Phi) is 5.28. The molecule has 0 saturated heterocycles. The molecule has 1 aromatic rings. The lowest BCUT2D eigenvalue weighted by Crippen LogP contribution is -2.26. The van der Waals surface area contributed by atoms with Gasteiger partial charge in [-0.2, -0.15) is 0 Å². The quantitative estimate of drug-likeness (QED) is 0.631. The fraction of sp³-hybridized carbons (Fsp3) is 0.357. The van der Waals surface area contributed by atoms with E-state index in [2.05, 4.69) is 6.58 Å². The van der Waals surface area contributed by atoms with Crippen molar-refractivity contribution in [1.82, 2.24) is 0 Å². The molecule has 1 aromatic carbocycles. The Hall–Kier alpha value is -1.42. The zero-order valence-electron chi connectivity index (χ0n) is 11.1. The predicted molar refractivity (Wildman–Crippen MR) is 77.9 cm³/mol. The van der Waals surface area contributed by atoms with Gasteiger partial charge in [0.1, 0.15) is 0 Å². The molecule has 98 valence electrons. The lowest BCUT2D eigenvalue weighted by molar-refractivity contribution is 0.0694. The highest BCUT2D eigenvalue weighted by Crippen LogP contribution is 2.30. The highest BCUT2D eigenvalue weighted by Gasteiger charge is 2.18. The van der Waals surface area contributed by atoms with Gasteiger partial charge in [0.15, 0.2) is 0 Å². The van der Waals surface area contributed by atoms with E-state index in [-0.39, 0.29) is 0 Å². The molecule has 0 aromatic heterocycles. The Morgan fingerprint density at radius 2 is 2.17 bits per heavy atom. The zero-order chi connectivity index (χ0) is 13.7. The molecule has 0 amide bonds. The van der Waals surface area contributed by atoms with Crippen LogP contribution in [0.15, 0.2) is 35.2 Å². The third-order valence-electron chi connectivity index (χ3n) is 2.62. The van der Waals surface area contributed by atoms with Crippen LogP contribution in [0.3, 0.4) is 0 Å². The predicted octanol–water partition coefficient (Wildman–Crippen LogP) is 3.51. The smallest absolute Gasteiger partial charge is 0.338 e. The van der Waals surface area contributed by atoms with Crippen molar-refractivity contribution >= 4 is 23.4 Å². The maximum Gasteiger partial charge on any atom is 0.338 e. The number of likely N-dealkylation sites (N-methyl/N-ethyl adjacent to an activating group) is 1. The third-order valence-corrected chi connectivity index (χ3v) is 3.40. The van der Waals surface area contributed by atoms with E-state index < -0.39 is 5.97 Å². The molecule has 0 spiro atoms. The monoisotopic (exact) mass is 265 g/mol. The van der Waals surface area contributed by atoms with E-state index in [1.165, 1.54) is 11.8 Å². The molecule has 0 saturated carbocycles. The zero-order valence-corrected chi connectivity index (χ0v) is 11.9. The van der Waals surface area contributed by atoms with Crippen molar-refractivity contribution in [3.63, 3.8) is 0 Å². The second-order valence-corrected chi connectivity index (χ2v) is 4.98. The molecule has 0 aliphatic heterocycles. The van der Waals surface area contributed by atoms with Crippen LogP contribution in [0.2, 0.25) is 0 Å². The summed E-state index contributed by atoms with van der Waals surface area (Å²) >= 11 is 1.45. The van der Waals surface area contributed by atoms with Crippen LogP contribution in [0.25, 0.3) is 0 Å². The van der Waals surface area contributed by atoms with Crippen LogP contribution in [0.1, 0.15) is 24.2 Å². The van der Waals surface area contributed by atoms with E-state index in [4.69, 9.17) is 0 Å². The summed E-state index contributed by atoms with van der Waals surface area (Å²) in [5.74, 6) is -0.880. The van der Waals surface area contributed by atoms with Gasteiger partial charge in [0.25, 0.3) is 0 Å². The first-order valence-electron chi connectivity index (χ1n) is 5.80. The molecule has 0 radical (unpaired) electrons. The Morgan fingerprint density at radius 1 is 1.50 bits per heavy atom. The fourth-order valence-corrected chi connectivity index (χ4v) is 2.47. The molecule has 3 nitrogen and oxygen atoms in total. The number of aromatic carboxylic acids is 1. The maximum absolute atomic E-state index is 11.4. The first kappa shape index (κ1) is 14.6. The number of thioether (sulfide) groups is 1. The maximum atomic E-state index is 11.4. The van der Waals surface area contributed by atoms with Gasteiger partial charge in [0.2, 0.25) is 0 Å². The molecule has 0 aliphatic carbocycles. The fourth-order valence-electron chi connectivity index (χ4n) is 1.86. The van der Waals surface area contributed by atoms with E-state index in [0.29, 0.717) is 12.1 Å².